The number of nitrogens with zero attached hydrogens (tertiary/aromatic N) is 1. The van der Waals surface area contributed by atoms with Gasteiger partial charge >= 0.3 is 12.4 Å². The molecular formula is C10H16F6N2O. The van der Waals surface area contributed by atoms with Crippen molar-refractivity contribution in [3.05, 3.63) is 0 Å². The molecule has 3 nitrogen and oxygen atoms in total. The minimum Gasteiger partial charge on any atom is -0.382 e. The van der Waals surface area contributed by atoms with Crippen molar-refractivity contribution in [2.45, 2.75) is 37.3 Å². The topological polar surface area (TPSA) is 35.5 Å². The Labute approximate surface area is 106 Å². The number of aliphatic hydroxyl groups excluding tert-OH is 1. The van der Waals surface area contributed by atoms with Crippen molar-refractivity contribution in [2.24, 2.45) is 0 Å². The first kappa shape index (κ1) is 16.5. The van der Waals surface area contributed by atoms with Gasteiger partial charge in [-0.15, -0.1) is 0 Å². The van der Waals surface area contributed by atoms with Gasteiger partial charge in [-0.05, 0) is 25.9 Å². The molecule has 0 aromatic rings. The van der Waals surface area contributed by atoms with E-state index in [1.807, 2.05) is 0 Å². The molecule has 1 aliphatic heterocycles. The molecule has 1 aliphatic rings. The Bertz CT molecular complexity index is 272. The van der Waals surface area contributed by atoms with Crippen LogP contribution in [0.3, 0.4) is 0 Å². The van der Waals surface area contributed by atoms with E-state index in [2.05, 4.69) is 5.32 Å². The third kappa shape index (κ3) is 6.44. The van der Waals surface area contributed by atoms with Crippen molar-refractivity contribution in [3.8, 4) is 0 Å². The molecule has 0 spiro atoms. The van der Waals surface area contributed by atoms with Gasteiger partial charge in [0.1, 0.15) is 0 Å². The number of piperidine rings is 1. The zero-order valence-electron chi connectivity index (χ0n) is 10.1. The van der Waals surface area contributed by atoms with E-state index in [0.717, 1.165) is 0 Å². The van der Waals surface area contributed by atoms with Gasteiger partial charge in [0.05, 0.1) is 6.54 Å². The fourth-order valence-electron chi connectivity index (χ4n) is 1.94. The van der Waals surface area contributed by atoms with Crippen molar-refractivity contribution < 1.29 is 31.4 Å². The maximum atomic E-state index is 12.1. The second-order valence-corrected chi connectivity index (χ2v) is 4.63. The molecule has 0 bridgehead atoms. The average molecular weight is 294 g/mol. The van der Waals surface area contributed by atoms with Crippen LogP contribution in [0.5, 0.6) is 0 Å². The van der Waals surface area contributed by atoms with Crippen molar-refractivity contribution in [1.29, 1.82) is 0 Å². The SMILES string of the molecule is OC(CNC1CCN(CC(F)(F)F)CC1)C(F)(F)F. The number of rotatable bonds is 4. The largest absolute Gasteiger partial charge is 0.415 e. The van der Waals surface area contributed by atoms with Gasteiger partial charge in [0.25, 0.3) is 0 Å². The smallest absolute Gasteiger partial charge is 0.382 e. The summed E-state index contributed by atoms with van der Waals surface area (Å²) in [6.45, 7) is -1.27. The van der Waals surface area contributed by atoms with Gasteiger partial charge in [0.15, 0.2) is 6.10 Å². The number of nitrogens with one attached hydrogen (secondary N) is 1. The normalized spacial score (nSPS) is 21.6. The molecule has 9 heteroatoms. The van der Waals surface area contributed by atoms with E-state index < -0.39 is 31.5 Å². The van der Waals surface area contributed by atoms with Crippen LogP contribution < -0.4 is 5.32 Å². The molecule has 0 saturated carbocycles. The Morgan fingerprint density at radius 1 is 1.11 bits per heavy atom. The van der Waals surface area contributed by atoms with E-state index in [0.29, 0.717) is 12.8 Å². The summed E-state index contributed by atoms with van der Waals surface area (Å²) in [5.74, 6) is 0. The third-order valence-electron chi connectivity index (χ3n) is 2.97. The molecule has 1 unspecified atom stereocenters. The zero-order chi connectivity index (χ0) is 14.7. The van der Waals surface area contributed by atoms with Crippen LogP contribution in [0.1, 0.15) is 12.8 Å². The zero-order valence-corrected chi connectivity index (χ0v) is 10.1. The molecule has 0 aliphatic carbocycles. The van der Waals surface area contributed by atoms with Crippen LogP contribution in [-0.4, -0.2) is 60.7 Å². The highest BCUT2D eigenvalue weighted by Gasteiger charge is 2.38. The van der Waals surface area contributed by atoms with Gasteiger partial charge in [0.2, 0.25) is 0 Å². The molecule has 114 valence electrons. The minimum absolute atomic E-state index is 0.180. The fourth-order valence-corrected chi connectivity index (χ4v) is 1.94. The van der Waals surface area contributed by atoms with Crippen LogP contribution in [0.25, 0.3) is 0 Å². The van der Waals surface area contributed by atoms with E-state index in [9.17, 15) is 26.3 Å². The van der Waals surface area contributed by atoms with Crippen molar-refractivity contribution in [1.82, 2.24) is 10.2 Å². The number of hydrogen-bond donors (Lipinski definition) is 2. The van der Waals surface area contributed by atoms with E-state index >= 15 is 0 Å². The lowest BCUT2D eigenvalue weighted by Gasteiger charge is -2.33. The lowest BCUT2D eigenvalue weighted by atomic mass is 10.0. The van der Waals surface area contributed by atoms with Gasteiger partial charge in [-0.3, -0.25) is 4.90 Å². The van der Waals surface area contributed by atoms with Gasteiger partial charge in [-0.25, -0.2) is 0 Å². The second kappa shape index (κ2) is 6.27. The molecule has 0 aromatic heterocycles. The Morgan fingerprint density at radius 3 is 2.05 bits per heavy atom. The predicted molar refractivity (Wildman–Crippen MR) is 55.6 cm³/mol. The summed E-state index contributed by atoms with van der Waals surface area (Å²) < 4.78 is 72.4. The number of alkyl halides is 6. The highest BCUT2D eigenvalue weighted by molar-refractivity contribution is 4.80. The summed E-state index contributed by atoms with van der Waals surface area (Å²) in [6.07, 6.45) is -10.7. The van der Waals surface area contributed by atoms with Gasteiger partial charge in [0, 0.05) is 12.6 Å². The van der Waals surface area contributed by atoms with Crippen molar-refractivity contribution in [2.75, 3.05) is 26.2 Å². The monoisotopic (exact) mass is 294 g/mol. The maximum Gasteiger partial charge on any atom is 0.415 e. The summed E-state index contributed by atoms with van der Waals surface area (Å²) in [4.78, 5) is 1.22. The van der Waals surface area contributed by atoms with Crippen molar-refractivity contribution in [3.63, 3.8) is 0 Å². The highest BCUT2D eigenvalue weighted by atomic mass is 19.4. The molecule has 0 aromatic carbocycles. The predicted octanol–water partition coefficient (Wildman–Crippen LogP) is 1.53. The van der Waals surface area contributed by atoms with Crippen LogP contribution in [0.4, 0.5) is 26.3 Å². The average Bonchev–Trinajstić information content (AvgIpc) is 2.24. The lowest BCUT2D eigenvalue weighted by Crippen LogP contribution is -2.48. The van der Waals surface area contributed by atoms with Crippen LogP contribution >= 0.6 is 0 Å². The highest BCUT2D eigenvalue weighted by Crippen LogP contribution is 2.21. The van der Waals surface area contributed by atoms with Crippen LogP contribution in [0.15, 0.2) is 0 Å². The quantitative estimate of drug-likeness (QED) is 0.772. The standard InChI is InChI=1S/C10H16F6N2O/c11-9(12,13)6-18-3-1-7(2-4-18)17-5-8(19)10(14,15)16/h7-8,17,19H,1-6H2. The lowest BCUT2D eigenvalue weighted by molar-refractivity contribution is -0.202. The van der Waals surface area contributed by atoms with E-state index in [1.54, 1.807) is 0 Å². The molecule has 1 saturated heterocycles. The Balaban J connectivity index is 2.24. The third-order valence-corrected chi connectivity index (χ3v) is 2.97. The van der Waals surface area contributed by atoms with E-state index in [1.165, 1.54) is 4.90 Å². The fraction of sp³-hybridized carbons (Fsp3) is 1.00. The maximum absolute atomic E-state index is 12.1. The van der Waals surface area contributed by atoms with E-state index in [4.69, 9.17) is 5.11 Å². The first-order valence-electron chi connectivity index (χ1n) is 5.85. The molecule has 1 atom stereocenters. The molecule has 1 rings (SSSR count). The van der Waals surface area contributed by atoms with Crippen LogP contribution in [-0.2, 0) is 0 Å². The first-order valence-corrected chi connectivity index (χ1v) is 5.85. The molecule has 0 radical (unpaired) electrons. The summed E-state index contributed by atoms with van der Waals surface area (Å²) in [6, 6.07) is -0.290. The number of aliphatic hydroxyl groups is 1. The summed E-state index contributed by atoms with van der Waals surface area (Å²) in [5.41, 5.74) is 0. The number of likely N-dealkylation sites (tertiary alicyclic amines) is 1. The molecule has 1 heterocycles. The van der Waals surface area contributed by atoms with Crippen molar-refractivity contribution >= 4 is 0 Å². The number of hydrogen-bond acceptors (Lipinski definition) is 3. The second-order valence-electron chi connectivity index (χ2n) is 4.63. The first-order chi connectivity index (χ1) is 8.58. The van der Waals surface area contributed by atoms with Gasteiger partial charge < -0.3 is 10.4 Å². The van der Waals surface area contributed by atoms with Crippen LogP contribution in [0, 0.1) is 0 Å². The minimum atomic E-state index is -4.68. The molecule has 19 heavy (non-hydrogen) atoms. The number of halogens is 6. The Kier molecular flexibility index (Phi) is 5.45. The van der Waals surface area contributed by atoms with Gasteiger partial charge in [-0.1, -0.05) is 0 Å². The Hall–Kier alpha value is -0.540. The van der Waals surface area contributed by atoms with Crippen LogP contribution in [0.2, 0.25) is 0 Å². The Morgan fingerprint density at radius 2 is 1.63 bits per heavy atom. The summed E-state index contributed by atoms with van der Waals surface area (Å²) >= 11 is 0. The van der Waals surface area contributed by atoms with Gasteiger partial charge in [-0.2, -0.15) is 26.3 Å². The molecular weight excluding hydrogens is 278 g/mol. The molecule has 0 amide bonds. The summed E-state index contributed by atoms with van der Waals surface area (Å²) in [5, 5.41) is 11.3. The van der Waals surface area contributed by atoms with E-state index in [-0.39, 0.29) is 19.1 Å². The summed E-state index contributed by atoms with van der Waals surface area (Å²) in [7, 11) is 0. The molecule has 2 N–H and O–H groups in total. The molecule has 1 fully saturated rings.